The molecular formula is C22H22N4O4S. The van der Waals surface area contributed by atoms with Crippen LogP contribution >= 0.6 is 11.3 Å². The molecule has 1 saturated heterocycles. The number of nitrogens with zero attached hydrogens (tertiary/aromatic N) is 2. The average Bonchev–Trinajstić information content (AvgIpc) is 3.25. The molecule has 1 atom stereocenters. The first kappa shape index (κ1) is 20.8. The normalized spacial score (nSPS) is 18.3. The third-order valence-electron chi connectivity index (χ3n) is 5.25. The van der Waals surface area contributed by atoms with Crippen molar-refractivity contribution in [2.45, 2.75) is 25.3 Å². The van der Waals surface area contributed by atoms with Gasteiger partial charge in [-0.1, -0.05) is 41.7 Å². The van der Waals surface area contributed by atoms with Gasteiger partial charge < -0.3 is 15.4 Å². The second-order valence-corrected chi connectivity index (χ2v) is 8.57. The number of ether oxygens (including phenoxy) is 1. The zero-order valence-electron chi connectivity index (χ0n) is 17.2. The number of methoxy groups -OCH3 is 1. The first-order chi connectivity index (χ1) is 14.9. The summed E-state index contributed by atoms with van der Waals surface area (Å²) in [6.45, 7) is 1.32. The number of thiazole rings is 1. The predicted octanol–water partition coefficient (Wildman–Crippen LogP) is 3.19. The largest absolute Gasteiger partial charge is 0.497 e. The number of fused-ring (bicyclic) bond motifs is 1. The van der Waals surface area contributed by atoms with Crippen LogP contribution in [0.15, 0.2) is 48.5 Å². The molecular weight excluding hydrogens is 416 g/mol. The molecule has 9 heteroatoms. The van der Waals surface area contributed by atoms with Crippen molar-refractivity contribution in [3.63, 3.8) is 0 Å². The quantitative estimate of drug-likeness (QED) is 0.552. The minimum absolute atomic E-state index is 0.370. The lowest BCUT2D eigenvalue weighted by molar-refractivity contribution is -0.133. The molecule has 1 aliphatic heterocycles. The fourth-order valence-electron chi connectivity index (χ4n) is 3.49. The molecule has 160 valence electrons. The third kappa shape index (κ3) is 4.36. The number of benzene rings is 2. The Labute approximate surface area is 183 Å². The van der Waals surface area contributed by atoms with Crippen molar-refractivity contribution < 1.29 is 19.1 Å². The number of carbonyl (C=O) groups is 3. The van der Waals surface area contributed by atoms with Gasteiger partial charge >= 0.3 is 6.03 Å². The van der Waals surface area contributed by atoms with Gasteiger partial charge in [-0.2, -0.15) is 0 Å². The number of aryl methyl sites for hydroxylation is 1. The van der Waals surface area contributed by atoms with Crippen molar-refractivity contribution in [3.8, 4) is 5.75 Å². The van der Waals surface area contributed by atoms with E-state index in [9.17, 15) is 14.4 Å². The average molecular weight is 439 g/mol. The molecule has 0 spiro atoms. The summed E-state index contributed by atoms with van der Waals surface area (Å²) in [5, 5.41) is 5.81. The van der Waals surface area contributed by atoms with E-state index in [-0.39, 0.29) is 6.54 Å². The zero-order valence-corrected chi connectivity index (χ0v) is 18.0. The van der Waals surface area contributed by atoms with Crippen molar-refractivity contribution in [2.75, 3.05) is 19.0 Å². The van der Waals surface area contributed by atoms with E-state index < -0.39 is 23.4 Å². The number of imide groups is 1. The number of anilines is 1. The number of urea groups is 1. The molecule has 2 heterocycles. The van der Waals surface area contributed by atoms with Crippen LogP contribution in [-0.4, -0.2) is 46.9 Å². The van der Waals surface area contributed by atoms with Gasteiger partial charge in [0.15, 0.2) is 5.13 Å². The van der Waals surface area contributed by atoms with Crippen LogP contribution in [0.5, 0.6) is 5.75 Å². The first-order valence-corrected chi connectivity index (χ1v) is 10.6. The lowest BCUT2D eigenvalue weighted by atomic mass is 9.93. The summed E-state index contributed by atoms with van der Waals surface area (Å²) < 4.78 is 6.05. The number of rotatable bonds is 7. The Kier molecular flexibility index (Phi) is 5.60. The zero-order chi connectivity index (χ0) is 22.0. The summed E-state index contributed by atoms with van der Waals surface area (Å²) in [6, 6.07) is 14.6. The molecule has 1 fully saturated rings. The van der Waals surface area contributed by atoms with Crippen LogP contribution in [0.1, 0.15) is 18.9 Å². The third-order valence-corrected chi connectivity index (χ3v) is 6.18. The second-order valence-electron chi connectivity index (χ2n) is 7.54. The summed E-state index contributed by atoms with van der Waals surface area (Å²) in [7, 11) is 1.58. The molecule has 1 aliphatic rings. The summed E-state index contributed by atoms with van der Waals surface area (Å²) in [4.78, 5) is 43.1. The Morgan fingerprint density at radius 2 is 2.00 bits per heavy atom. The Morgan fingerprint density at radius 3 is 2.74 bits per heavy atom. The van der Waals surface area contributed by atoms with E-state index in [2.05, 4.69) is 15.6 Å². The Balaban J connectivity index is 1.39. The fourth-order valence-corrected chi connectivity index (χ4v) is 4.40. The SMILES string of the molecule is COc1ccc2nc(NC(=O)CN3C(=O)N[C@@](C)(CCc4ccccc4)C3=O)sc2c1. The van der Waals surface area contributed by atoms with Crippen molar-refractivity contribution in [1.29, 1.82) is 0 Å². The van der Waals surface area contributed by atoms with Gasteiger partial charge in [0.1, 0.15) is 17.8 Å². The molecule has 4 rings (SSSR count). The van der Waals surface area contributed by atoms with E-state index in [1.807, 2.05) is 36.4 Å². The highest BCUT2D eigenvalue weighted by Crippen LogP contribution is 2.29. The molecule has 0 radical (unpaired) electrons. The molecule has 31 heavy (non-hydrogen) atoms. The molecule has 0 saturated carbocycles. The standard InChI is InChI=1S/C22H22N4O4S/c1-22(11-10-14-6-4-3-5-7-14)19(28)26(21(29)25-22)13-18(27)24-20-23-16-9-8-15(30-2)12-17(16)31-20/h3-9,12H,10-11,13H2,1-2H3,(H,25,29)(H,23,24,27)/t22-/m0/s1. The topological polar surface area (TPSA) is 101 Å². The van der Waals surface area contributed by atoms with Crippen LogP contribution in [0.25, 0.3) is 10.2 Å². The summed E-state index contributed by atoms with van der Waals surface area (Å²) in [6.07, 6.45) is 1.08. The number of nitrogens with one attached hydrogen (secondary N) is 2. The van der Waals surface area contributed by atoms with Gasteiger partial charge in [-0.3, -0.25) is 14.5 Å². The van der Waals surface area contributed by atoms with Crippen molar-refractivity contribution >= 4 is 44.5 Å². The highest BCUT2D eigenvalue weighted by molar-refractivity contribution is 7.22. The summed E-state index contributed by atoms with van der Waals surface area (Å²) >= 11 is 1.29. The van der Waals surface area contributed by atoms with Gasteiger partial charge in [-0.15, -0.1) is 0 Å². The molecule has 4 amide bonds. The molecule has 0 bridgehead atoms. The van der Waals surface area contributed by atoms with Crippen molar-refractivity contribution in [1.82, 2.24) is 15.2 Å². The van der Waals surface area contributed by atoms with Crippen molar-refractivity contribution in [2.24, 2.45) is 0 Å². The molecule has 0 unspecified atom stereocenters. The van der Waals surface area contributed by atoms with E-state index in [0.29, 0.717) is 23.7 Å². The highest BCUT2D eigenvalue weighted by atomic mass is 32.1. The van der Waals surface area contributed by atoms with Gasteiger partial charge in [-0.05, 0) is 43.5 Å². The van der Waals surface area contributed by atoms with Gasteiger partial charge in [-0.25, -0.2) is 9.78 Å². The van der Waals surface area contributed by atoms with Crippen LogP contribution in [0.2, 0.25) is 0 Å². The smallest absolute Gasteiger partial charge is 0.325 e. The monoisotopic (exact) mass is 438 g/mol. The molecule has 2 N–H and O–H groups in total. The Morgan fingerprint density at radius 1 is 1.23 bits per heavy atom. The second kappa shape index (κ2) is 8.35. The highest BCUT2D eigenvalue weighted by Gasteiger charge is 2.47. The van der Waals surface area contributed by atoms with Gasteiger partial charge in [0.05, 0.1) is 17.3 Å². The Hall–Kier alpha value is -3.46. The lowest BCUT2D eigenvalue weighted by Gasteiger charge is -2.21. The van der Waals surface area contributed by atoms with Crippen LogP contribution in [-0.2, 0) is 16.0 Å². The van der Waals surface area contributed by atoms with Crippen LogP contribution in [0.3, 0.4) is 0 Å². The molecule has 3 aromatic rings. The van der Waals surface area contributed by atoms with Gasteiger partial charge in [0.2, 0.25) is 5.91 Å². The predicted molar refractivity (Wildman–Crippen MR) is 118 cm³/mol. The van der Waals surface area contributed by atoms with E-state index >= 15 is 0 Å². The van der Waals surface area contributed by atoms with Gasteiger partial charge in [0, 0.05) is 0 Å². The summed E-state index contributed by atoms with van der Waals surface area (Å²) in [5.74, 6) is -0.192. The number of hydrogen-bond acceptors (Lipinski definition) is 6. The van der Waals surface area contributed by atoms with Gasteiger partial charge in [0.25, 0.3) is 5.91 Å². The number of hydrogen-bond donors (Lipinski definition) is 2. The Bertz CT molecular complexity index is 1150. The van der Waals surface area contributed by atoms with E-state index in [0.717, 1.165) is 20.7 Å². The minimum atomic E-state index is -1.04. The number of carbonyl (C=O) groups excluding carboxylic acids is 3. The van der Waals surface area contributed by atoms with Crippen LogP contribution in [0, 0.1) is 0 Å². The molecule has 8 nitrogen and oxygen atoms in total. The van der Waals surface area contributed by atoms with E-state index in [1.54, 1.807) is 26.2 Å². The number of aromatic nitrogens is 1. The summed E-state index contributed by atoms with van der Waals surface area (Å²) in [5.41, 5.74) is 0.763. The molecule has 2 aromatic carbocycles. The van der Waals surface area contributed by atoms with Crippen LogP contribution in [0.4, 0.5) is 9.93 Å². The maximum Gasteiger partial charge on any atom is 0.325 e. The minimum Gasteiger partial charge on any atom is -0.497 e. The fraction of sp³-hybridized carbons (Fsp3) is 0.273. The lowest BCUT2D eigenvalue weighted by Crippen LogP contribution is -2.45. The maximum absolute atomic E-state index is 12.9. The van der Waals surface area contributed by atoms with Crippen molar-refractivity contribution in [3.05, 3.63) is 54.1 Å². The van der Waals surface area contributed by atoms with E-state index in [1.165, 1.54) is 11.3 Å². The molecule has 0 aliphatic carbocycles. The van der Waals surface area contributed by atoms with Crippen LogP contribution < -0.4 is 15.4 Å². The maximum atomic E-state index is 12.9. The van der Waals surface area contributed by atoms with E-state index in [4.69, 9.17) is 4.74 Å². The molecule has 1 aromatic heterocycles. The number of amides is 4. The first-order valence-electron chi connectivity index (χ1n) is 9.80.